The highest BCUT2D eigenvalue weighted by atomic mass is 35.5. The molecule has 0 amide bonds. The summed E-state index contributed by atoms with van der Waals surface area (Å²) in [5, 5.41) is 8.23. The van der Waals surface area contributed by atoms with E-state index in [4.69, 9.17) is 16.3 Å². The fourth-order valence-corrected chi connectivity index (χ4v) is 3.46. The molecule has 0 saturated carbocycles. The van der Waals surface area contributed by atoms with Crippen LogP contribution in [0.2, 0.25) is 5.02 Å². The molecule has 33 heavy (non-hydrogen) atoms. The number of halogens is 1. The van der Waals surface area contributed by atoms with Gasteiger partial charge in [-0.1, -0.05) is 29.8 Å². The van der Waals surface area contributed by atoms with Crippen molar-refractivity contribution in [3.8, 4) is 17.1 Å². The lowest BCUT2D eigenvalue weighted by molar-refractivity contribution is 0.0947. The predicted octanol–water partition coefficient (Wildman–Crippen LogP) is 4.97. The van der Waals surface area contributed by atoms with E-state index in [1.807, 2.05) is 67.5 Å². The molecule has 8 heteroatoms. The smallest absolute Gasteiger partial charge is 0.281 e. The van der Waals surface area contributed by atoms with Gasteiger partial charge in [0, 0.05) is 42.5 Å². The molecule has 0 unspecified atom stereocenters. The molecule has 1 N–H and O–H groups in total. The summed E-state index contributed by atoms with van der Waals surface area (Å²) in [7, 11) is 5.61. The second-order valence-electron chi connectivity index (χ2n) is 7.63. The van der Waals surface area contributed by atoms with Gasteiger partial charge in [-0.2, -0.15) is 9.67 Å². The van der Waals surface area contributed by atoms with Crippen molar-refractivity contribution in [1.82, 2.24) is 14.8 Å². The zero-order valence-corrected chi connectivity index (χ0v) is 19.4. The molecule has 0 aliphatic carbocycles. The molecule has 0 aliphatic rings. The molecule has 0 aliphatic heterocycles. The SMILES string of the molecule is COc1ccc(-c2nc(NCc3ccc(N(C)C)cc3)n(C(=O)c3cccc(Cl)c3)n2)cc1. The number of hydrogen-bond donors (Lipinski definition) is 1. The van der Waals surface area contributed by atoms with E-state index in [2.05, 4.69) is 15.4 Å². The summed E-state index contributed by atoms with van der Waals surface area (Å²) in [5.74, 6) is 1.18. The lowest BCUT2D eigenvalue weighted by atomic mass is 10.2. The Bertz CT molecular complexity index is 1250. The van der Waals surface area contributed by atoms with Crippen molar-refractivity contribution in [3.05, 3.63) is 88.9 Å². The lowest BCUT2D eigenvalue weighted by Gasteiger charge is -2.13. The third-order valence-corrected chi connectivity index (χ3v) is 5.36. The Balaban J connectivity index is 1.65. The molecule has 0 radical (unpaired) electrons. The van der Waals surface area contributed by atoms with Crippen molar-refractivity contribution in [2.45, 2.75) is 6.54 Å². The Morgan fingerprint density at radius 3 is 2.42 bits per heavy atom. The summed E-state index contributed by atoms with van der Waals surface area (Å²) in [6.07, 6.45) is 0. The van der Waals surface area contributed by atoms with Crippen LogP contribution in [0.25, 0.3) is 11.4 Å². The van der Waals surface area contributed by atoms with Gasteiger partial charge in [0.1, 0.15) is 5.75 Å². The number of hydrogen-bond acceptors (Lipinski definition) is 6. The largest absolute Gasteiger partial charge is 0.497 e. The van der Waals surface area contributed by atoms with Crippen LogP contribution in [0.4, 0.5) is 11.6 Å². The minimum atomic E-state index is -0.324. The van der Waals surface area contributed by atoms with Gasteiger partial charge >= 0.3 is 0 Å². The minimum Gasteiger partial charge on any atom is -0.497 e. The second-order valence-corrected chi connectivity index (χ2v) is 8.07. The van der Waals surface area contributed by atoms with E-state index < -0.39 is 0 Å². The number of carbonyl (C=O) groups excluding carboxylic acids is 1. The van der Waals surface area contributed by atoms with Gasteiger partial charge in [0.15, 0.2) is 5.82 Å². The number of benzene rings is 3. The molecule has 0 atom stereocenters. The quantitative estimate of drug-likeness (QED) is 0.418. The average Bonchev–Trinajstić information content (AvgIpc) is 3.26. The van der Waals surface area contributed by atoms with Gasteiger partial charge in [0.25, 0.3) is 5.91 Å². The van der Waals surface area contributed by atoms with Crippen LogP contribution in [0.1, 0.15) is 15.9 Å². The van der Waals surface area contributed by atoms with Crippen LogP contribution in [0.5, 0.6) is 5.75 Å². The molecular weight excluding hydrogens is 438 g/mol. The first-order chi connectivity index (χ1) is 15.9. The van der Waals surface area contributed by atoms with Gasteiger partial charge in [-0.3, -0.25) is 4.79 Å². The van der Waals surface area contributed by atoms with Gasteiger partial charge in [-0.05, 0) is 60.2 Å². The fourth-order valence-electron chi connectivity index (χ4n) is 3.27. The lowest BCUT2D eigenvalue weighted by Crippen LogP contribution is -2.17. The molecule has 0 bridgehead atoms. The molecule has 168 valence electrons. The molecule has 1 aromatic heterocycles. The van der Waals surface area contributed by atoms with Crippen molar-refractivity contribution in [2.24, 2.45) is 0 Å². The highest BCUT2D eigenvalue weighted by molar-refractivity contribution is 6.31. The normalized spacial score (nSPS) is 10.7. The van der Waals surface area contributed by atoms with Crippen molar-refractivity contribution in [2.75, 3.05) is 31.4 Å². The van der Waals surface area contributed by atoms with E-state index in [0.717, 1.165) is 22.6 Å². The topological polar surface area (TPSA) is 72.3 Å². The van der Waals surface area contributed by atoms with E-state index in [-0.39, 0.29) is 5.91 Å². The molecule has 7 nitrogen and oxygen atoms in total. The summed E-state index contributed by atoms with van der Waals surface area (Å²) in [6, 6.07) is 22.3. The summed E-state index contributed by atoms with van der Waals surface area (Å²) < 4.78 is 6.50. The Labute approximate surface area is 197 Å². The zero-order chi connectivity index (χ0) is 23.4. The molecule has 0 spiro atoms. The van der Waals surface area contributed by atoms with Crippen LogP contribution < -0.4 is 15.0 Å². The fraction of sp³-hybridized carbons (Fsp3) is 0.160. The summed E-state index contributed by atoms with van der Waals surface area (Å²) in [4.78, 5) is 19.9. The monoisotopic (exact) mass is 461 g/mol. The maximum absolute atomic E-state index is 13.2. The van der Waals surface area contributed by atoms with E-state index in [9.17, 15) is 4.79 Å². The summed E-state index contributed by atoms with van der Waals surface area (Å²) >= 11 is 6.09. The maximum Gasteiger partial charge on any atom is 0.281 e. The summed E-state index contributed by atoms with van der Waals surface area (Å²) in [5.41, 5.74) is 3.36. The van der Waals surface area contributed by atoms with Gasteiger partial charge in [0.05, 0.1) is 7.11 Å². The van der Waals surface area contributed by atoms with Crippen LogP contribution in [0, 0.1) is 0 Å². The standard InChI is InChI=1S/C25H24ClN5O2/c1-30(2)21-11-7-17(8-12-21)16-27-25-28-23(18-9-13-22(33-3)14-10-18)29-31(25)24(32)19-5-4-6-20(26)15-19/h4-15H,16H2,1-3H3,(H,27,28,29). The van der Waals surface area contributed by atoms with Crippen LogP contribution in [-0.2, 0) is 6.54 Å². The predicted molar refractivity (Wildman–Crippen MR) is 131 cm³/mol. The van der Waals surface area contributed by atoms with E-state index in [0.29, 0.717) is 28.9 Å². The Morgan fingerprint density at radius 1 is 1.06 bits per heavy atom. The molecule has 0 fully saturated rings. The number of methoxy groups -OCH3 is 1. The van der Waals surface area contributed by atoms with Gasteiger partial charge < -0.3 is 15.0 Å². The third kappa shape index (κ3) is 5.15. The van der Waals surface area contributed by atoms with Crippen molar-refractivity contribution >= 4 is 29.1 Å². The van der Waals surface area contributed by atoms with Gasteiger partial charge in [-0.25, -0.2) is 0 Å². The van der Waals surface area contributed by atoms with E-state index in [1.165, 1.54) is 4.68 Å². The van der Waals surface area contributed by atoms with Crippen LogP contribution in [0.15, 0.2) is 72.8 Å². The molecule has 1 heterocycles. The third-order valence-electron chi connectivity index (χ3n) is 5.12. The van der Waals surface area contributed by atoms with Crippen LogP contribution in [-0.4, -0.2) is 41.9 Å². The highest BCUT2D eigenvalue weighted by Crippen LogP contribution is 2.23. The van der Waals surface area contributed by atoms with E-state index >= 15 is 0 Å². The van der Waals surface area contributed by atoms with Gasteiger partial charge in [-0.15, -0.1) is 5.10 Å². The first-order valence-electron chi connectivity index (χ1n) is 10.4. The van der Waals surface area contributed by atoms with Crippen molar-refractivity contribution < 1.29 is 9.53 Å². The Morgan fingerprint density at radius 2 is 1.79 bits per heavy atom. The first kappa shape index (κ1) is 22.4. The van der Waals surface area contributed by atoms with Crippen LogP contribution >= 0.6 is 11.6 Å². The Hall–Kier alpha value is -3.84. The molecular formula is C25H24ClN5O2. The minimum absolute atomic E-state index is 0.324. The maximum atomic E-state index is 13.2. The van der Waals surface area contributed by atoms with Crippen molar-refractivity contribution in [3.63, 3.8) is 0 Å². The average molecular weight is 462 g/mol. The van der Waals surface area contributed by atoms with Crippen molar-refractivity contribution in [1.29, 1.82) is 0 Å². The second kappa shape index (κ2) is 9.75. The molecule has 0 saturated heterocycles. The zero-order valence-electron chi connectivity index (χ0n) is 18.6. The molecule has 4 aromatic rings. The highest BCUT2D eigenvalue weighted by Gasteiger charge is 2.19. The summed E-state index contributed by atoms with van der Waals surface area (Å²) in [6.45, 7) is 0.483. The number of anilines is 2. The number of nitrogens with zero attached hydrogens (tertiary/aromatic N) is 4. The number of carbonyl (C=O) groups is 1. The van der Waals surface area contributed by atoms with E-state index in [1.54, 1.807) is 31.4 Å². The molecule has 4 rings (SSSR count). The number of ether oxygens (including phenoxy) is 1. The van der Waals surface area contributed by atoms with Crippen LogP contribution in [0.3, 0.4) is 0 Å². The molecule has 3 aromatic carbocycles. The number of aromatic nitrogens is 3. The van der Waals surface area contributed by atoms with Gasteiger partial charge in [0.2, 0.25) is 5.95 Å². The first-order valence-corrected chi connectivity index (χ1v) is 10.7. The number of nitrogens with one attached hydrogen (secondary N) is 1. The Kier molecular flexibility index (Phi) is 6.60. The number of rotatable bonds is 7.